The monoisotopic (exact) mass is 290 g/mol. The van der Waals surface area contributed by atoms with Gasteiger partial charge in [-0.15, -0.1) is 0 Å². The van der Waals surface area contributed by atoms with E-state index < -0.39 is 0 Å². The lowest BCUT2D eigenvalue weighted by atomic mass is 10.3. The molecule has 72 valence electrons. The Morgan fingerprint density at radius 3 is 3.00 bits per heavy atom. The summed E-state index contributed by atoms with van der Waals surface area (Å²) in [6.45, 7) is 3.99. The van der Waals surface area contributed by atoms with Crippen molar-refractivity contribution in [1.82, 2.24) is 10.3 Å². The predicted octanol–water partition coefficient (Wildman–Crippen LogP) is 2.30. The Morgan fingerprint density at radius 2 is 2.31 bits per heavy atom. The van der Waals surface area contributed by atoms with Crippen LogP contribution in [0.3, 0.4) is 0 Å². The molecule has 0 unspecified atom stereocenters. The topological polar surface area (TPSA) is 24.9 Å². The lowest BCUT2D eigenvalue weighted by Gasteiger charge is -2.03. The number of rotatable bonds is 5. The average molecular weight is 290 g/mol. The quantitative estimate of drug-likeness (QED) is 0.511. The van der Waals surface area contributed by atoms with E-state index in [1.165, 1.54) is 10.8 Å². The normalized spacial score (nSPS) is 10.3. The molecule has 13 heavy (non-hydrogen) atoms. The Balaban J connectivity index is 2.28. The Morgan fingerprint density at radius 1 is 1.46 bits per heavy atom. The molecule has 0 fully saturated rings. The van der Waals surface area contributed by atoms with Crippen LogP contribution in [0.1, 0.15) is 17.8 Å². The SMILES string of the molecule is Cc1cccc(CNCCCI)n1. The van der Waals surface area contributed by atoms with E-state index in [4.69, 9.17) is 0 Å². The summed E-state index contributed by atoms with van der Waals surface area (Å²) in [4.78, 5) is 4.41. The van der Waals surface area contributed by atoms with Crippen LogP contribution in [0.4, 0.5) is 0 Å². The third kappa shape index (κ3) is 4.57. The van der Waals surface area contributed by atoms with Crippen LogP contribution < -0.4 is 5.32 Å². The Kier molecular flexibility index (Phi) is 5.31. The van der Waals surface area contributed by atoms with Crippen LogP contribution in [0.15, 0.2) is 18.2 Å². The van der Waals surface area contributed by atoms with E-state index in [1.807, 2.05) is 13.0 Å². The van der Waals surface area contributed by atoms with Crippen molar-refractivity contribution in [3.63, 3.8) is 0 Å². The van der Waals surface area contributed by atoms with E-state index in [2.05, 4.69) is 45.0 Å². The Bertz CT molecular complexity index is 250. The molecule has 1 N–H and O–H groups in total. The standard InChI is InChI=1S/C10H15IN2/c1-9-4-2-5-10(13-9)8-12-7-3-6-11/h2,4-5,12H,3,6-8H2,1H3. The van der Waals surface area contributed by atoms with Gasteiger partial charge in [-0.2, -0.15) is 0 Å². The fourth-order valence-electron chi connectivity index (χ4n) is 1.11. The molecule has 0 aliphatic rings. The van der Waals surface area contributed by atoms with Gasteiger partial charge >= 0.3 is 0 Å². The molecule has 0 amide bonds. The number of alkyl halides is 1. The number of pyridine rings is 1. The second-order valence-electron chi connectivity index (χ2n) is 2.99. The number of nitrogens with zero attached hydrogens (tertiary/aromatic N) is 1. The smallest absolute Gasteiger partial charge is 0.0544 e. The zero-order chi connectivity index (χ0) is 9.52. The maximum Gasteiger partial charge on any atom is 0.0544 e. The fraction of sp³-hybridized carbons (Fsp3) is 0.500. The maximum absolute atomic E-state index is 4.41. The minimum Gasteiger partial charge on any atom is -0.311 e. The zero-order valence-corrected chi connectivity index (χ0v) is 10.0. The van der Waals surface area contributed by atoms with Gasteiger partial charge in [0.2, 0.25) is 0 Å². The highest BCUT2D eigenvalue weighted by Gasteiger charge is 1.93. The molecule has 1 aromatic heterocycles. The molecule has 1 rings (SSSR count). The van der Waals surface area contributed by atoms with Crippen molar-refractivity contribution in [2.75, 3.05) is 11.0 Å². The number of aryl methyl sites for hydroxylation is 1. The molecule has 0 bridgehead atoms. The van der Waals surface area contributed by atoms with E-state index in [0.29, 0.717) is 0 Å². The van der Waals surface area contributed by atoms with Crippen molar-refractivity contribution in [1.29, 1.82) is 0 Å². The summed E-state index contributed by atoms with van der Waals surface area (Å²) in [5.41, 5.74) is 2.22. The molecular formula is C10H15IN2. The van der Waals surface area contributed by atoms with E-state index in [1.54, 1.807) is 0 Å². The van der Waals surface area contributed by atoms with E-state index in [9.17, 15) is 0 Å². The van der Waals surface area contributed by atoms with Crippen molar-refractivity contribution >= 4 is 22.6 Å². The third-order valence-electron chi connectivity index (χ3n) is 1.74. The van der Waals surface area contributed by atoms with Gasteiger partial charge in [0.05, 0.1) is 5.69 Å². The van der Waals surface area contributed by atoms with Gasteiger partial charge in [-0.25, -0.2) is 0 Å². The number of nitrogens with one attached hydrogen (secondary N) is 1. The number of hydrogen-bond donors (Lipinski definition) is 1. The van der Waals surface area contributed by atoms with Gasteiger partial charge in [-0.05, 0) is 32.0 Å². The molecule has 0 aliphatic carbocycles. The van der Waals surface area contributed by atoms with Crippen molar-refractivity contribution < 1.29 is 0 Å². The molecule has 0 saturated carbocycles. The summed E-state index contributed by atoms with van der Waals surface area (Å²) in [5, 5.41) is 3.36. The number of hydrogen-bond acceptors (Lipinski definition) is 2. The third-order valence-corrected chi connectivity index (χ3v) is 2.50. The fourth-order valence-corrected chi connectivity index (χ4v) is 1.49. The predicted molar refractivity (Wildman–Crippen MR) is 64.2 cm³/mol. The highest BCUT2D eigenvalue weighted by atomic mass is 127. The average Bonchev–Trinajstić information content (AvgIpc) is 2.13. The van der Waals surface area contributed by atoms with Gasteiger partial charge in [-0.3, -0.25) is 4.98 Å². The van der Waals surface area contributed by atoms with Gasteiger partial charge in [-0.1, -0.05) is 28.7 Å². The minimum atomic E-state index is 0.887. The summed E-state index contributed by atoms with van der Waals surface area (Å²) >= 11 is 2.39. The first kappa shape index (κ1) is 10.9. The molecule has 3 heteroatoms. The van der Waals surface area contributed by atoms with E-state index in [0.717, 1.165) is 24.5 Å². The summed E-state index contributed by atoms with van der Waals surface area (Å²) in [5.74, 6) is 0. The molecule has 1 aromatic rings. The molecule has 0 atom stereocenters. The highest BCUT2D eigenvalue weighted by Crippen LogP contribution is 1.97. The Labute approximate surface area is 93.3 Å². The van der Waals surface area contributed by atoms with Crippen LogP contribution in [0.5, 0.6) is 0 Å². The number of aromatic nitrogens is 1. The van der Waals surface area contributed by atoms with Crippen LogP contribution >= 0.6 is 22.6 Å². The van der Waals surface area contributed by atoms with Gasteiger partial charge in [0.25, 0.3) is 0 Å². The second-order valence-corrected chi connectivity index (χ2v) is 4.07. The van der Waals surface area contributed by atoms with Gasteiger partial charge in [0.1, 0.15) is 0 Å². The van der Waals surface area contributed by atoms with Crippen molar-refractivity contribution in [3.8, 4) is 0 Å². The lowest BCUT2D eigenvalue weighted by molar-refractivity contribution is 0.668. The van der Waals surface area contributed by atoms with E-state index >= 15 is 0 Å². The maximum atomic E-state index is 4.41. The molecule has 2 nitrogen and oxygen atoms in total. The molecule has 0 aliphatic heterocycles. The molecule has 0 spiro atoms. The van der Waals surface area contributed by atoms with Crippen molar-refractivity contribution in [2.45, 2.75) is 19.9 Å². The second kappa shape index (κ2) is 6.32. The first-order chi connectivity index (χ1) is 6.33. The first-order valence-electron chi connectivity index (χ1n) is 4.52. The highest BCUT2D eigenvalue weighted by molar-refractivity contribution is 14.1. The summed E-state index contributed by atoms with van der Waals surface area (Å²) in [6.07, 6.45) is 1.23. The summed E-state index contributed by atoms with van der Waals surface area (Å²) in [7, 11) is 0. The molecular weight excluding hydrogens is 275 g/mol. The number of halogens is 1. The van der Waals surface area contributed by atoms with Gasteiger partial charge in [0, 0.05) is 16.7 Å². The van der Waals surface area contributed by atoms with Gasteiger partial charge < -0.3 is 5.32 Å². The zero-order valence-electron chi connectivity index (χ0n) is 7.89. The van der Waals surface area contributed by atoms with Crippen molar-refractivity contribution in [2.24, 2.45) is 0 Å². The lowest BCUT2D eigenvalue weighted by Crippen LogP contribution is -2.15. The van der Waals surface area contributed by atoms with Gasteiger partial charge in [0.15, 0.2) is 0 Å². The van der Waals surface area contributed by atoms with E-state index in [-0.39, 0.29) is 0 Å². The van der Waals surface area contributed by atoms with Crippen LogP contribution in [0, 0.1) is 6.92 Å². The Hall–Kier alpha value is -0.160. The molecule has 1 heterocycles. The van der Waals surface area contributed by atoms with Crippen LogP contribution in [0.25, 0.3) is 0 Å². The van der Waals surface area contributed by atoms with Crippen LogP contribution in [-0.4, -0.2) is 16.0 Å². The molecule has 0 saturated heterocycles. The molecule has 0 aromatic carbocycles. The molecule has 0 radical (unpaired) electrons. The summed E-state index contributed by atoms with van der Waals surface area (Å²) in [6, 6.07) is 6.13. The van der Waals surface area contributed by atoms with Crippen LogP contribution in [0.2, 0.25) is 0 Å². The van der Waals surface area contributed by atoms with Crippen LogP contribution in [-0.2, 0) is 6.54 Å². The minimum absolute atomic E-state index is 0.887. The largest absolute Gasteiger partial charge is 0.311 e. The first-order valence-corrected chi connectivity index (χ1v) is 6.04. The van der Waals surface area contributed by atoms with Crippen molar-refractivity contribution in [3.05, 3.63) is 29.6 Å². The summed E-state index contributed by atoms with van der Waals surface area (Å²) < 4.78 is 1.21.